The van der Waals surface area contributed by atoms with Gasteiger partial charge >= 0.3 is 0 Å². The first kappa shape index (κ1) is 16.2. The molecule has 0 amide bonds. The largest absolute Gasteiger partial charge is 0.313 e. The Kier molecular flexibility index (Phi) is 5.49. The predicted octanol–water partition coefficient (Wildman–Crippen LogP) is 2.26. The molecule has 2 saturated carbocycles. The highest BCUT2D eigenvalue weighted by atomic mass is 32.2. The molecular weight excluding hydrogens is 272 g/mol. The second kappa shape index (κ2) is 6.75. The van der Waals surface area contributed by atoms with E-state index in [-0.39, 0.29) is 11.3 Å². The molecule has 4 nitrogen and oxygen atoms in total. The normalized spacial score (nSPS) is 29.6. The molecule has 0 aromatic carbocycles. The van der Waals surface area contributed by atoms with Gasteiger partial charge in [-0.3, -0.25) is 0 Å². The molecule has 2 N–H and O–H groups in total. The number of hydrogen-bond donors (Lipinski definition) is 2. The van der Waals surface area contributed by atoms with Gasteiger partial charge in [-0.15, -0.1) is 0 Å². The highest BCUT2D eigenvalue weighted by Gasteiger charge is 2.33. The van der Waals surface area contributed by atoms with Crippen LogP contribution in [-0.4, -0.2) is 32.3 Å². The van der Waals surface area contributed by atoms with Gasteiger partial charge in [0.25, 0.3) is 0 Å². The Bertz CT molecular complexity index is 404. The molecular formula is C15H30N2O2S. The van der Waals surface area contributed by atoms with E-state index in [1.54, 1.807) is 0 Å². The lowest BCUT2D eigenvalue weighted by molar-refractivity contribution is 0.226. The lowest BCUT2D eigenvalue weighted by Gasteiger charge is -2.35. The third-order valence-corrected chi connectivity index (χ3v) is 6.65. The minimum absolute atomic E-state index is 0.136. The highest BCUT2D eigenvalue weighted by Crippen LogP contribution is 2.30. The summed E-state index contributed by atoms with van der Waals surface area (Å²) < 4.78 is 27.9. The van der Waals surface area contributed by atoms with Gasteiger partial charge in [0.1, 0.15) is 0 Å². The lowest BCUT2D eigenvalue weighted by Crippen LogP contribution is -2.48. The van der Waals surface area contributed by atoms with Crippen molar-refractivity contribution in [3.8, 4) is 0 Å². The lowest BCUT2D eigenvalue weighted by atomic mass is 9.78. The van der Waals surface area contributed by atoms with Crippen LogP contribution in [0.15, 0.2) is 0 Å². The molecule has 2 aliphatic carbocycles. The molecule has 2 aliphatic rings. The molecule has 3 atom stereocenters. The quantitative estimate of drug-likeness (QED) is 0.758. The molecule has 2 rings (SSSR count). The SMILES string of the molecule is CC(C)C1CCCCC1NS(=O)(=O)C(C)CNC1CC1. The molecule has 0 aromatic rings. The Morgan fingerprint density at radius 3 is 2.30 bits per heavy atom. The summed E-state index contributed by atoms with van der Waals surface area (Å²) in [5.74, 6) is 1.03. The number of sulfonamides is 1. The van der Waals surface area contributed by atoms with E-state index >= 15 is 0 Å². The number of nitrogens with one attached hydrogen (secondary N) is 2. The van der Waals surface area contributed by atoms with Gasteiger partial charge in [-0.25, -0.2) is 13.1 Å². The standard InChI is InChI=1S/C15H30N2O2S/c1-11(2)14-6-4-5-7-15(14)17-20(18,19)12(3)10-16-13-8-9-13/h11-17H,4-10H2,1-3H3. The van der Waals surface area contributed by atoms with Crippen molar-refractivity contribution in [1.82, 2.24) is 10.0 Å². The molecule has 20 heavy (non-hydrogen) atoms. The van der Waals surface area contributed by atoms with Crippen molar-refractivity contribution < 1.29 is 8.42 Å². The van der Waals surface area contributed by atoms with Gasteiger partial charge in [0.2, 0.25) is 10.0 Å². The second-order valence-corrected chi connectivity index (χ2v) is 9.09. The topological polar surface area (TPSA) is 58.2 Å². The fourth-order valence-corrected chi connectivity index (χ4v) is 4.42. The molecule has 3 unspecified atom stereocenters. The van der Waals surface area contributed by atoms with Crippen LogP contribution in [0.25, 0.3) is 0 Å². The van der Waals surface area contributed by atoms with Gasteiger partial charge in [0.05, 0.1) is 5.25 Å². The van der Waals surface area contributed by atoms with Gasteiger partial charge in [-0.2, -0.15) is 0 Å². The van der Waals surface area contributed by atoms with Crippen LogP contribution < -0.4 is 10.0 Å². The maximum Gasteiger partial charge on any atom is 0.215 e. The summed E-state index contributed by atoms with van der Waals surface area (Å²) in [5, 5.41) is 2.97. The van der Waals surface area contributed by atoms with Gasteiger partial charge < -0.3 is 5.32 Å². The average molecular weight is 302 g/mol. The van der Waals surface area contributed by atoms with Crippen molar-refractivity contribution in [1.29, 1.82) is 0 Å². The average Bonchev–Trinajstić information content (AvgIpc) is 3.19. The minimum Gasteiger partial charge on any atom is -0.313 e. The summed E-state index contributed by atoms with van der Waals surface area (Å²) in [4.78, 5) is 0. The Labute approximate surface area is 124 Å². The summed E-state index contributed by atoms with van der Waals surface area (Å²) in [5.41, 5.74) is 0. The molecule has 2 fully saturated rings. The fraction of sp³-hybridized carbons (Fsp3) is 1.00. The maximum absolute atomic E-state index is 12.4. The van der Waals surface area contributed by atoms with Gasteiger partial charge in [0, 0.05) is 18.6 Å². The molecule has 0 bridgehead atoms. The Hall–Kier alpha value is -0.130. The zero-order valence-electron chi connectivity index (χ0n) is 13.1. The van der Waals surface area contributed by atoms with E-state index in [0.717, 1.165) is 19.3 Å². The number of hydrogen-bond acceptors (Lipinski definition) is 3. The summed E-state index contributed by atoms with van der Waals surface area (Å²) in [6.07, 6.45) is 6.91. The fourth-order valence-electron chi connectivity index (χ4n) is 3.16. The first-order valence-electron chi connectivity index (χ1n) is 8.14. The van der Waals surface area contributed by atoms with Crippen molar-refractivity contribution in [2.75, 3.05) is 6.54 Å². The molecule has 0 aliphatic heterocycles. The Morgan fingerprint density at radius 1 is 1.05 bits per heavy atom. The first-order chi connectivity index (χ1) is 9.40. The zero-order valence-corrected chi connectivity index (χ0v) is 13.9. The summed E-state index contributed by atoms with van der Waals surface area (Å²) >= 11 is 0. The van der Waals surface area contributed by atoms with Gasteiger partial charge in [-0.05, 0) is 44.4 Å². The van der Waals surface area contributed by atoms with Crippen molar-refractivity contribution in [3.63, 3.8) is 0 Å². The molecule has 118 valence electrons. The molecule has 0 aromatic heterocycles. The van der Waals surface area contributed by atoms with E-state index in [4.69, 9.17) is 0 Å². The van der Waals surface area contributed by atoms with Gasteiger partial charge in [-0.1, -0.05) is 26.7 Å². The molecule has 5 heteroatoms. The van der Waals surface area contributed by atoms with Crippen LogP contribution in [0.5, 0.6) is 0 Å². The summed E-state index contributed by atoms with van der Waals surface area (Å²) in [6.45, 7) is 6.79. The second-order valence-electron chi connectivity index (χ2n) is 6.95. The van der Waals surface area contributed by atoms with E-state index in [1.165, 1.54) is 19.3 Å². The van der Waals surface area contributed by atoms with E-state index in [1.807, 2.05) is 6.92 Å². The summed E-state index contributed by atoms with van der Waals surface area (Å²) in [7, 11) is -3.21. The van der Waals surface area contributed by atoms with Crippen molar-refractivity contribution >= 4 is 10.0 Å². The zero-order chi connectivity index (χ0) is 14.8. The van der Waals surface area contributed by atoms with Crippen LogP contribution in [0.2, 0.25) is 0 Å². The summed E-state index contributed by atoms with van der Waals surface area (Å²) in [6, 6.07) is 0.697. The van der Waals surface area contributed by atoms with E-state index in [2.05, 4.69) is 23.9 Å². The van der Waals surface area contributed by atoms with Gasteiger partial charge in [0.15, 0.2) is 0 Å². The number of rotatable bonds is 7. The molecule has 0 spiro atoms. The smallest absolute Gasteiger partial charge is 0.215 e. The third-order valence-electron chi connectivity index (χ3n) is 4.79. The monoisotopic (exact) mass is 302 g/mol. The van der Waals surface area contributed by atoms with Crippen LogP contribution in [-0.2, 0) is 10.0 Å². The Morgan fingerprint density at radius 2 is 1.70 bits per heavy atom. The van der Waals surface area contributed by atoms with Crippen LogP contribution in [0.1, 0.15) is 59.3 Å². The van der Waals surface area contributed by atoms with E-state index in [0.29, 0.717) is 24.4 Å². The van der Waals surface area contributed by atoms with Crippen molar-refractivity contribution in [2.24, 2.45) is 11.8 Å². The van der Waals surface area contributed by atoms with Crippen molar-refractivity contribution in [3.05, 3.63) is 0 Å². The van der Waals surface area contributed by atoms with E-state index < -0.39 is 10.0 Å². The minimum atomic E-state index is -3.21. The van der Waals surface area contributed by atoms with Crippen molar-refractivity contribution in [2.45, 2.75) is 76.6 Å². The van der Waals surface area contributed by atoms with Crippen LogP contribution in [0, 0.1) is 11.8 Å². The van der Waals surface area contributed by atoms with Crippen LogP contribution in [0.3, 0.4) is 0 Å². The van der Waals surface area contributed by atoms with Crippen LogP contribution >= 0.6 is 0 Å². The van der Waals surface area contributed by atoms with E-state index in [9.17, 15) is 8.42 Å². The molecule has 0 radical (unpaired) electrons. The highest BCUT2D eigenvalue weighted by molar-refractivity contribution is 7.90. The maximum atomic E-state index is 12.4. The predicted molar refractivity (Wildman–Crippen MR) is 83.1 cm³/mol. The Balaban J connectivity index is 1.90. The molecule has 0 heterocycles. The molecule has 0 saturated heterocycles. The third kappa shape index (κ3) is 4.43. The first-order valence-corrected chi connectivity index (χ1v) is 9.69. The van der Waals surface area contributed by atoms with Crippen LogP contribution in [0.4, 0.5) is 0 Å².